The van der Waals surface area contributed by atoms with E-state index in [9.17, 15) is 19.2 Å². The van der Waals surface area contributed by atoms with Crippen molar-refractivity contribution in [2.75, 3.05) is 14.2 Å². The highest BCUT2D eigenvalue weighted by Crippen LogP contribution is 2.23. The molecule has 0 saturated carbocycles. The third-order valence-electron chi connectivity index (χ3n) is 6.37. The first-order chi connectivity index (χ1) is 19.9. The molecular weight excluding hydrogens is 528 g/mol. The van der Waals surface area contributed by atoms with Gasteiger partial charge in [0, 0.05) is 30.4 Å². The van der Waals surface area contributed by atoms with E-state index in [1.54, 1.807) is 18.2 Å². The molecule has 2 atom stereocenters. The van der Waals surface area contributed by atoms with Gasteiger partial charge in [-0.25, -0.2) is 14.4 Å². The summed E-state index contributed by atoms with van der Waals surface area (Å²) in [5, 5.41) is 5.86. The van der Waals surface area contributed by atoms with Crippen molar-refractivity contribution in [1.29, 1.82) is 0 Å². The molecule has 0 aliphatic rings. The van der Waals surface area contributed by atoms with Crippen molar-refractivity contribution in [3.63, 3.8) is 0 Å². The topological polar surface area (TPSA) is 133 Å². The molecule has 2 amide bonds. The number of fused-ring (bicyclic) bond motifs is 1. The van der Waals surface area contributed by atoms with Crippen molar-refractivity contribution in [3.8, 4) is 5.75 Å². The summed E-state index contributed by atoms with van der Waals surface area (Å²) in [6, 6.07) is 22.2. The summed E-state index contributed by atoms with van der Waals surface area (Å²) in [7, 11) is 2.69. The van der Waals surface area contributed by atoms with Gasteiger partial charge in [-0.2, -0.15) is 0 Å². The van der Waals surface area contributed by atoms with Crippen LogP contribution in [0.2, 0.25) is 0 Å². The Morgan fingerprint density at radius 3 is 2.15 bits per heavy atom. The molecule has 0 spiro atoms. The van der Waals surface area contributed by atoms with Gasteiger partial charge in [-0.3, -0.25) is 4.79 Å². The molecule has 0 saturated heterocycles. The third-order valence-corrected chi connectivity index (χ3v) is 6.37. The molecule has 1 heterocycles. The normalized spacial score (nSPS) is 12.1. The summed E-state index contributed by atoms with van der Waals surface area (Å²) in [5.74, 6) is -0.863. The molecule has 41 heavy (non-hydrogen) atoms. The van der Waals surface area contributed by atoms with E-state index in [1.165, 1.54) is 20.3 Å². The van der Waals surface area contributed by atoms with Gasteiger partial charge < -0.3 is 29.3 Å². The fraction of sp³-hybridized carbons (Fsp3) is 0.226. The maximum Gasteiger partial charge on any atom is 0.408 e. The number of hydrogen-bond donors (Lipinski definition) is 2. The van der Waals surface area contributed by atoms with Crippen molar-refractivity contribution in [3.05, 3.63) is 112 Å². The first-order valence-electron chi connectivity index (χ1n) is 12.9. The van der Waals surface area contributed by atoms with Crippen LogP contribution in [0.5, 0.6) is 5.75 Å². The number of carbonyl (C=O) groups excluding carboxylic acids is 3. The molecule has 0 bridgehead atoms. The minimum atomic E-state index is -1.17. The Labute approximate surface area is 236 Å². The Kier molecular flexibility index (Phi) is 9.71. The van der Waals surface area contributed by atoms with Crippen LogP contribution >= 0.6 is 0 Å². The molecule has 0 fully saturated rings. The Morgan fingerprint density at radius 2 is 1.49 bits per heavy atom. The fourth-order valence-corrected chi connectivity index (χ4v) is 4.30. The highest BCUT2D eigenvalue weighted by molar-refractivity contribution is 5.90. The lowest BCUT2D eigenvalue weighted by molar-refractivity contribution is -0.145. The molecule has 1 aromatic heterocycles. The van der Waals surface area contributed by atoms with Gasteiger partial charge in [-0.15, -0.1) is 0 Å². The summed E-state index contributed by atoms with van der Waals surface area (Å²) in [6.07, 6.45) is -0.720. The highest BCUT2D eigenvalue weighted by atomic mass is 16.5. The molecule has 10 nitrogen and oxygen atoms in total. The van der Waals surface area contributed by atoms with Gasteiger partial charge in [0.2, 0.25) is 5.91 Å². The molecular formula is C31H30N2O8. The predicted octanol–water partition coefficient (Wildman–Crippen LogP) is 3.54. The number of methoxy groups -OCH3 is 2. The standard InChI is InChI=1S/C31H30N2O8/c1-38-23-13-14-24-22(17-28(34)41-27(24)18-23)16-26(30(36)39-2)32-29(35)25(15-20-9-5-3-6-10-20)33-31(37)40-19-21-11-7-4-8-12-21/h3-14,17-18,25-26H,15-16,19H2,1-2H3,(H,32,35)(H,33,37)/t25-,26-/m0/s1. The van der Waals surface area contributed by atoms with Crippen LogP contribution in [0.3, 0.4) is 0 Å². The van der Waals surface area contributed by atoms with Gasteiger partial charge in [0.15, 0.2) is 0 Å². The average Bonchev–Trinajstić information content (AvgIpc) is 2.99. The van der Waals surface area contributed by atoms with E-state index >= 15 is 0 Å². The molecule has 0 unspecified atom stereocenters. The maximum atomic E-state index is 13.5. The van der Waals surface area contributed by atoms with Crippen LogP contribution in [-0.2, 0) is 38.5 Å². The number of rotatable bonds is 11. The summed E-state index contributed by atoms with van der Waals surface area (Å²) in [5.41, 5.74) is 1.68. The van der Waals surface area contributed by atoms with E-state index in [2.05, 4.69) is 10.6 Å². The molecule has 2 N–H and O–H groups in total. The second-order valence-corrected chi connectivity index (χ2v) is 9.19. The lowest BCUT2D eigenvalue weighted by Gasteiger charge is -2.22. The molecule has 10 heteroatoms. The minimum absolute atomic E-state index is 0.0194. The average molecular weight is 559 g/mol. The van der Waals surface area contributed by atoms with Gasteiger partial charge in [-0.1, -0.05) is 60.7 Å². The summed E-state index contributed by atoms with van der Waals surface area (Å²) < 4.78 is 20.8. The molecule has 212 valence electrons. The van der Waals surface area contributed by atoms with Crippen LogP contribution in [0.15, 0.2) is 94.1 Å². The second-order valence-electron chi connectivity index (χ2n) is 9.19. The second kappa shape index (κ2) is 13.8. The van der Waals surface area contributed by atoms with E-state index < -0.39 is 35.7 Å². The van der Waals surface area contributed by atoms with Crippen molar-refractivity contribution in [2.24, 2.45) is 0 Å². The van der Waals surface area contributed by atoms with E-state index in [-0.39, 0.29) is 25.0 Å². The Balaban J connectivity index is 1.54. The number of esters is 1. The number of ether oxygens (including phenoxy) is 3. The third kappa shape index (κ3) is 7.95. The number of nitrogens with one attached hydrogen (secondary N) is 2. The van der Waals surface area contributed by atoms with Crippen molar-refractivity contribution >= 4 is 28.9 Å². The van der Waals surface area contributed by atoms with E-state index in [1.807, 2.05) is 60.7 Å². The number of carbonyl (C=O) groups is 3. The number of amides is 2. The molecule has 0 aliphatic carbocycles. The minimum Gasteiger partial charge on any atom is -0.497 e. The van der Waals surface area contributed by atoms with Crippen LogP contribution in [0.1, 0.15) is 16.7 Å². The Morgan fingerprint density at radius 1 is 0.805 bits per heavy atom. The van der Waals surface area contributed by atoms with E-state index in [0.29, 0.717) is 16.7 Å². The quantitative estimate of drug-likeness (QED) is 0.211. The van der Waals surface area contributed by atoms with Crippen molar-refractivity contribution in [2.45, 2.75) is 31.5 Å². The SMILES string of the molecule is COC(=O)[C@H](Cc1cc(=O)oc2cc(OC)ccc12)NC(=O)[C@H](Cc1ccccc1)NC(=O)OCc1ccccc1. The summed E-state index contributed by atoms with van der Waals surface area (Å²) in [4.78, 5) is 51.2. The number of alkyl carbamates (subject to hydrolysis) is 1. The lowest BCUT2D eigenvalue weighted by Crippen LogP contribution is -2.53. The van der Waals surface area contributed by atoms with Crippen LogP contribution in [0.4, 0.5) is 4.79 Å². The Hall–Kier alpha value is -5.12. The zero-order valence-corrected chi connectivity index (χ0v) is 22.6. The van der Waals surface area contributed by atoms with Gasteiger partial charge in [0.1, 0.15) is 30.0 Å². The van der Waals surface area contributed by atoms with Gasteiger partial charge in [-0.05, 0) is 28.8 Å². The monoisotopic (exact) mass is 558 g/mol. The molecule has 3 aromatic carbocycles. The highest BCUT2D eigenvalue weighted by Gasteiger charge is 2.29. The van der Waals surface area contributed by atoms with Gasteiger partial charge >= 0.3 is 17.7 Å². The molecule has 4 aromatic rings. The molecule has 0 radical (unpaired) electrons. The van der Waals surface area contributed by atoms with Crippen molar-refractivity contribution in [1.82, 2.24) is 10.6 Å². The summed E-state index contributed by atoms with van der Waals surface area (Å²) >= 11 is 0. The van der Waals surface area contributed by atoms with Crippen molar-refractivity contribution < 1.29 is 33.0 Å². The molecule has 4 rings (SSSR count). The first-order valence-corrected chi connectivity index (χ1v) is 12.9. The Bertz CT molecular complexity index is 1550. The van der Waals surface area contributed by atoms with Crippen LogP contribution in [0.25, 0.3) is 11.0 Å². The first kappa shape index (κ1) is 28.9. The predicted molar refractivity (Wildman–Crippen MR) is 150 cm³/mol. The zero-order chi connectivity index (χ0) is 29.2. The van der Waals surface area contributed by atoms with Crippen LogP contribution in [-0.4, -0.2) is 44.3 Å². The fourth-order valence-electron chi connectivity index (χ4n) is 4.30. The zero-order valence-electron chi connectivity index (χ0n) is 22.6. The van der Waals surface area contributed by atoms with Gasteiger partial charge in [0.25, 0.3) is 0 Å². The summed E-state index contributed by atoms with van der Waals surface area (Å²) in [6.45, 7) is 0.0194. The van der Waals surface area contributed by atoms with Gasteiger partial charge in [0.05, 0.1) is 14.2 Å². The van der Waals surface area contributed by atoms with E-state index in [4.69, 9.17) is 18.6 Å². The maximum absolute atomic E-state index is 13.5. The van der Waals surface area contributed by atoms with E-state index in [0.717, 1.165) is 11.1 Å². The number of benzene rings is 3. The van der Waals surface area contributed by atoms with Crippen LogP contribution < -0.4 is 21.0 Å². The molecule has 0 aliphatic heterocycles. The van der Waals surface area contributed by atoms with Crippen LogP contribution in [0, 0.1) is 0 Å². The smallest absolute Gasteiger partial charge is 0.408 e. The lowest BCUT2D eigenvalue weighted by atomic mass is 10.0. The largest absolute Gasteiger partial charge is 0.497 e. The number of hydrogen-bond acceptors (Lipinski definition) is 8.